The summed E-state index contributed by atoms with van der Waals surface area (Å²) in [6.07, 6.45) is 3.77. The molecule has 4 heteroatoms. The van der Waals surface area contributed by atoms with Crippen LogP contribution < -0.4 is 14.2 Å². The van der Waals surface area contributed by atoms with Gasteiger partial charge in [0.15, 0.2) is 0 Å². The van der Waals surface area contributed by atoms with Gasteiger partial charge in [0.05, 0.1) is 12.2 Å². The van der Waals surface area contributed by atoms with Crippen molar-refractivity contribution >= 4 is 5.97 Å². The summed E-state index contributed by atoms with van der Waals surface area (Å²) in [6, 6.07) is 13.8. The van der Waals surface area contributed by atoms with E-state index in [1.165, 1.54) is 0 Å². The minimum absolute atomic E-state index is 0.412. The van der Waals surface area contributed by atoms with Gasteiger partial charge in [0.25, 0.3) is 0 Å². The summed E-state index contributed by atoms with van der Waals surface area (Å²) < 4.78 is 16.3. The maximum Gasteiger partial charge on any atom is 0.343 e. The standard InChI is InChI=1S/C20H22O4/c1-3-5-15-23-18-10-12-19(13-11-18)24-20(21)16-6-8-17(9-7-16)22-14-4-2/h4,6-13H,2-3,5,14-15H2,1H3. The van der Waals surface area contributed by atoms with E-state index in [4.69, 9.17) is 14.2 Å². The smallest absolute Gasteiger partial charge is 0.343 e. The molecular weight excluding hydrogens is 304 g/mol. The van der Waals surface area contributed by atoms with Crippen LogP contribution in [0.2, 0.25) is 0 Å². The Morgan fingerprint density at radius 2 is 1.54 bits per heavy atom. The van der Waals surface area contributed by atoms with Gasteiger partial charge in [0.1, 0.15) is 23.9 Å². The highest BCUT2D eigenvalue weighted by molar-refractivity contribution is 5.91. The Labute approximate surface area is 142 Å². The second-order valence-corrected chi connectivity index (χ2v) is 5.19. The number of unbranched alkanes of at least 4 members (excludes halogenated alkanes) is 1. The summed E-state index contributed by atoms with van der Waals surface area (Å²) in [4.78, 5) is 12.1. The van der Waals surface area contributed by atoms with Gasteiger partial charge in [-0.25, -0.2) is 4.79 Å². The van der Waals surface area contributed by atoms with E-state index in [2.05, 4.69) is 13.5 Å². The number of ether oxygens (including phenoxy) is 3. The highest BCUT2D eigenvalue weighted by Gasteiger charge is 2.09. The summed E-state index contributed by atoms with van der Waals surface area (Å²) in [7, 11) is 0. The molecular formula is C20H22O4. The normalized spacial score (nSPS) is 10.0. The lowest BCUT2D eigenvalue weighted by Gasteiger charge is -2.08. The summed E-state index contributed by atoms with van der Waals surface area (Å²) >= 11 is 0. The Morgan fingerprint density at radius 1 is 0.958 bits per heavy atom. The molecule has 24 heavy (non-hydrogen) atoms. The molecule has 2 aromatic carbocycles. The predicted octanol–water partition coefficient (Wildman–Crippen LogP) is 4.65. The van der Waals surface area contributed by atoms with Crippen LogP contribution in [0.25, 0.3) is 0 Å². The molecule has 0 aliphatic heterocycles. The molecule has 0 radical (unpaired) electrons. The molecule has 0 unspecified atom stereocenters. The molecule has 2 aromatic rings. The highest BCUT2D eigenvalue weighted by atomic mass is 16.5. The van der Waals surface area contributed by atoms with E-state index in [9.17, 15) is 4.79 Å². The molecule has 0 amide bonds. The molecule has 126 valence electrons. The van der Waals surface area contributed by atoms with Gasteiger partial charge in [0, 0.05) is 0 Å². The minimum atomic E-state index is -0.412. The summed E-state index contributed by atoms with van der Waals surface area (Å²) in [5.74, 6) is 1.52. The van der Waals surface area contributed by atoms with Gasteiger partial charge >= 0.3 is 5.97 Å². The first-order valence-corrected chi connectivity index (χ1v) is 8.01. The van der Waals surface area contributed by atoms with E-state index in [0.717, 1.165) is 18.6 Å². The van der Waals surface area contributed by atoms with Gasteiger partial charge in [0.2, 0.25) is 0 Å². The fraction of sp³-hybridized carbons (Fsp3) is 0.250. The minimum Gasteiger partial charge on any atom is -0.494 e. The molecule has 4 nitrogen and oxygen atoms in total. The van der Waals surface area contributed by atoms with Crippen molar-refractivity contribution in [1.29, 1.82) is 0 Å². The molecule has 0 aliphatic rings. The zero-order chi connectivity index (χ0) is 17.2. The van der Waals surface area contributed by atoms with Crippen LogP contribution in [0, 0.1) is 0 Å². The van der Waals surface area contributed by atoms with Crippen LogP contribution in [-0.4, -0.2) is 19.2 Å². The molecule has 0 fully saturated rings. The van der Waals surface area contributed by atoms with Gasteiger partial charge in [-0.1, -0.05) is 26.0 Å². The molecule has 0 bridgehead atoms. The third kappa shape index (κ3) is 5.47. The Kier molecular flexibility index (Phi) is 6.90. The van der Waals surface area contributed by atoms with Crippen molar-refractivity contribution in [2.24, 2.45) is 0 Å². The van der Waals surface area contributed by atoms with Crippen molar-refractivity contribution in [3.8, 4) is 17.2 Å². The van der Waals surface area contributed by atoms with Gasteiger partial charge < -0.3 is 14.2 Å². The number of carbonyl (C=O) groups excluding carboxylic acids is 1. The number of benzene rings is 2. The predicted molar refractivity (Wildman–Crippen MR) is 93.9 cm³/mol. The van der Waals surface area contributed by atoms with E-state index in [1.54, 1.807) is 54.6 Å². The van der Waals surface area contributed by atoms with Crippen LogP contribution in [-0.2, 0) is 0 Å². The lowest BCUT2D eigenvalue weighted by atomic mass is 10.2. The maximum absolute atomic E-state index is 12.1. The zero-order valence-electron chi connectivity index (χ0n) is 13.9. The topological polar surface area (TPSA) is 44.8 Å². The van der Waals surface area contributed by atoms with Crippen molar-refractivity contribution in [2.75, 3.05) is 13.2 Å². The Morgan fingerprint density at radius 3 is 2.17 bits per heavy atom. The molecule has 0 aromatic heterocycles. The largest absolute Gasteiger partial charge is 0.494 e. The highest BCUT2D eigenvalue weighted by Crippen LogP contribution is 2.20. The van der Waals surface area contributed by atoms with Crippen molar-refractivity contribution in [3.63, 3.8) is 0 Å². The molecule has 0 saturated carbocycles. The average molecular weight is 326 g/mol. The van der Waals surface area contributed by atoms with E-state index < -0.39 is 5.97 Å². The van der Waals surface area contributed by atoms with Crippen LogP contribution in [0.5, 0.6) is 17.2 Å². The molecule has 2 rings (SSSR count). The molecule has 0 saturated heterocycles. The summed E-state index contributed by atoms with van der Waals surface area (Å²) in [5, 5.41) is 0. The van der Waals surface area contributed by atoms with Gasteiger partial charge in [-0.15, -0.1) is 0 Å². The van der Waals surface area contributed by atoms with E-state index in [0.29, 0.717) is 30.3 Å². The average Bonchev–Trinajstić information content (AvgIpc) is 2.62. The van der Waals surface area contributed by atoms with Crippen molar-refractivity contribution < 1.29 is 19.0 Å². The molecule has 0 spiro atoms. The molecule has 0 aliphatic carbocycles. The number of esters is 1. The molecule has 0 heterocycles. The summed E-state index contributed by atoms with van der Waals surface area (Å²) in [5.41, 5.74) is 0.462. The van der Waals surface area contributed by atoms with Gasteiger partial charge in [-0.2, -0.15) is 0 Å². The van der Waals surface area contributed by atoms with Crippen LogP contribution in [0.4, 0.5) is 0 Å². The van der Waals surface area contributed by atoms with Crippen molar-refractivity contribution in [2.45, 2.75) is 19.8 Å². The Hall–Kier alpha value is -2.75. The second kappa shape index (κ2) is 9.40. The first-order valence-electron chi connectivity index (χ1n) is 8.01. The number of rotatable bonds is 9. The monoisotopic (exact) mass is 326 g/mol. The van der Waals surface area contributed by atoms with Crippen LogP contribution in [0.15, 0.2) is 61.2 Å². The van der Waals surface area contributed by atoms with Crippen molar-refractivity contribution in [3.05, 3.63) is 66.7 Å². The first kappa shape index (κ1) is 17.6. The Balaban J connectivity index is 1.90. The fourth-order valence-electron chi connectivity index (χ4n) is 1.95. The molecule has 0 atom stereocenters. The lowest BCUT2D eigenvalue weighted by molar-refractivity contribution is 0.0734. The van der Waals surface area contributed by atoms with E-state index >= 15 is 0 Å². The van der Waals surface area contributed by atoms with Crippen LogP contribution in [0.3, 0.4) is 0 Å². The number of hydrogen-bond acceptors (Lipinski definition) is 4. The van der Waals surface area contributed by atoms with Crippen LogP contribution >= 0.6 is 0 Å². The Bertz CT molecular complexity index is 644. The lowest BCUT2D eigenvalue weighted by Crippen LogP contribution is -2.08. The van der Waals surface area contributed by atoms with Gasteiger partial charge in [-0.05, 0) is 55.0 Å². The van der Waals surface area contributed by atoms with Crippen LogP contribution in [0.1, 0.15) is 30.1 Å². The third-order valence-corrected chi connectivity index (χ3v) is 3.26. The van der Waals surface area contributed by atoms with Gasteiger partial charge in [-0.3, -0.25) is 0 Å². The maximum atomic E-state index is 12.1. The van der Waals surface area contributed by atoms with Crippen molar-refractivity contribution in [1.82, 2.24) is 0 Å². The molecule has 0 N–H and O–H groups in total. The first-order chi connectivity index (χ1) is 11.7. The third-order valence-electron chi connectivity index (χ3n) is 3.26. The van der Waals surface area contributed by atoms with E-state index in [1.807, 2.05) is 0 Å². The number of hydrogen-bond donors (Lipinski definition) is 0. The summed E-state index contributed by atoms with van der Waals surface area (Å²) in [6.45, 7) is 6.82. The zero-order valence-corrected chi connectivity index (χ0v) is 13.9. The quantitative estimate of drug-likeness (QED) is 0.291. The number of carbonyl (C=O) groups is 1. The fourth-order valence-corrected chi connectivity index (χ4v) is 1.95. The second-order valence-electron chi connectivity index (χ2n) is 5.19. The van der Waals surface area contributed by atoms with E-state index in [-0.39, 0.29) is 0 Å². The SMILES string of the molecule is C=CCOc1ccc(C(=O)Oc2ccc(OCCCC)cc2)cc1.